The van der Waals surface area contributed by atoms with E-state index in [9.17, 15) is 0 Å². The molecule has 1 fully saturated rings. The van der Waals surface area contributed by atoms with E-state index in [4.69, 9.17) is 9.15 Å². The van der Waals surface area contributed by atoms with Crippen LogP contribution in [-0.2, 0) is 11.3 Å². The summed E-state index contributed by atoms with van der Waals surface area (Å²) >= 11 is 0. The molecular weight excluding hydrogens is 467 g/mol. The number of benzene rings is 1. The lowest BCUT2D eigenvalue weighted by atomic mass is 10.2. The van der Waals surface area contributed by atoms with E-state index in [2.05, 4.69) is 38.7 Å². The molecular formula is C21H31IN4O2. The quantitative estimate of drug-likeness (QED) is 0.240. The van der Waals surface area contributed by atoms with Crippen LogP contribution >= 0.6 is 24.0 Å². The van der Waals surface area contributed by atoms with Crippen molar-refractivity contribution in [3.63, 3.8) is 0 Å². The van der Waals surface area contributed by atoms with Crippen LogP contribution in [0.1, 0.15) is 30.2 Å². The van der Waals surface area contributed by atoms with Crippen molar-refractivity contribution in [3.05, 3.63) is 60.1 Å². The molecule has 1 atom stereocenters. The van der Waals surface area contributed by atoms with E-state index in [0.717, 1.165) is 31.4 Å². The van der Waals surface area contributed by atoms with Crippen LogP contribution in [-0.4, -0.2) is 50.7 Å². The zero-order valence-electron chi connectivity index (χ0n) is 16.5. The molecule has 2 heterocycles. The van der Waals surface area contributed by atoms with E-state index in [1.165, 1.54) is 18.4 Å². The van der Waals surface area contributed by atoms with Crippen molar-refractivity contribution in [1.82, 2.24) is 15.5 Å². The molecule has 7 heteroatoms. The first-order valence-electron chi connectivity index (χ1n) is 9.70. The number of aliphatic imine (C=N–C) groups is 1. The van der Waals surface area contributed by atoms with E-state index >= 15 is 0 Å². The van der Waals surface area contributed by atoms with E-state index in [1.54, 1.807) is 13.3 Å². The van der Waals surface area contributed by atoms with Gasteiger partial charge in [-0.2, -0.15) is 0 Å². The third-order valence-electron chi connectivity index (χ3n) is 4.79. The van der Waals surface area contributed by atoms with Crippen LogP contribution in [0.25, 0.3) is 0 Å². The van der Waals surface area contributed by atoms with Crippen LogP contribution in [0.3, 0.4) is 0 Å². The Morgan fingerprint density at radius 2 is 1.93 bits per heavy atom. The molecule has 1 aromatic carbocycles. The second-order valence-corrected chi connectivity index (χ2v) is 6.69. The molecule has 0 radical (unpaired) electrons. The minimum atomic E-state index is 0. The van der Waals surface area contributed by atoms with Crippen molar-refractivity contribution in [2.75, 3.05) is 39.8 Å². The summed E-state index contributed by atoms with van der Waals surface area (Å²) < 4.78 is 11.4. The molecule has 1 aliphatic heterocycles. The second kappa shape index (κ2) is 12.8. The minimum Gasteiger partial charge on any atom is -0.468 e. The molecule has 0 amide bonds. The predicted molar refractivity (Wildman–Crippen MR) is 123 cm³/mol. The summed E-state index contributed by atoms with van der Waals surface area (Å²) in [4.78, 5) is 6.79. The van der Waals surface area contributed by atoms with Gasteiger partial charge in [0.25, 0.3) is 0 Å². The van der Waals surface area contributed by atoms with Crippen molar-refractivity contribution in [2.24, 2.45) is 4.99 Å². The highest BCUT2D eigenvalue weighted by Gasteiger charge is 2.25. The van der Waals surface area contributed by atoms with E-state index < -0.39 is 0 Å². The lowest BCUT2D eigenvalue weighted by Crippen LogP contribution is -2.43. The lowest BCUT2D eigenvalue weighted by molar-refractivity contribution is 0.125. The van der Waals surface area contributed by atoms with Gasteiger partial charge >= 0.3 is 0 Å². The van der Waals surface area contributed by atoms with E-state index in [1.807, 2.05) is 24.3 Å². The largest absolute Gasteiger partial charge is 0.468 e. The molecule has 2 aromatic rings. The molecule has 0 spiro atoms. The van der Waals surface area contributed by atoms with E-state index in [0.29, 0.717) is 19.8 Å². The van der Waals surface area contributed by atoms with Gasteiger partial charge in [0.15, 0.2) is 5.96 Å². The first-order chi connectivity index (χ1) is 13.4. The van der Waals surface area contributed by atoms with Crippen molar-refractivity contribution < 1.29 is 9.15 Å². The summed E-state index contributed by atoms with van der Waals surface area (Å²) in [6.45, 7) is 4.96. The second-order valence-electron chi connectivity index (χ2n) is 6.69. The molecule has 1 saturated heterocycles. The van der Waals surface area contributed by atoms with Crippen molar-refractivity contribution in [1.29, 1.82) is 0 Å². The van der Waals surface area contributed by atoms with Gasteiger partial charge in [0.05, 0.1) is 25.5 Å². The number of halogens is 1. The molecule has 0 saturated carbocycles. The molecule has 0 bridgehead atoms. The summed E-state index contributed by atoms with van der Waals surface area (Å²) in [7, 11) is 1.79. The summed E-state index contributed by atoms with van der Waals surface area (Å²) in [5.41, 5.74) is 1.19. The normalized spacial score (nSPS) is 15.8. The van der Waals surface area contributed by atoms with Gasteiger partial charge in [-0.1, -0.05) is 30.3 Å². The Bertz CT molecular complexity index is 673. The third-order valence-corrected chi connectivity index (χ3v) is 4.79. The Kier molecular flexibility index (Phi) is 10.4. The van der Waals surface area contributed by atoms with Gasteiger partial charge in [-0.25, -0.2) is 0 Å². The summed E-state index contributed by atoms with van der Waals surface area (Å²) in [5, 5.41) is 6.74. The van der Waals surface area contributed by atoms with Gasteiger partial charge in [0, 0.05) is 20.1 Å². The number of nitrogens with one attached hydrogen (secondary N) is 2. The monoisotopic (exact) mass is 498 g/mol. The fraction of sp³-hybridized carbons (Fsp3) is 0.476. The van der Waals surface area contributed by atoms with Crippen molar-refractivity contribution in [2.45, 2.75) is 25.5 Å². The maximum Gasteiger partial charge on any atom is 0.191 e. The van der Waals surface area contributed by atoms with Gasteiger partial charge in [-0.05, 0) is 43.6 Å². The molecule has 154 valence electrons. The summed E-state index contributed by atoms with van der Waals surface area (Å²) in [6.07, 6.45) is 4.25. The lowest BCUT2D eigenvalue weighted by Gasteiger charge is -2.26. The Labute approximate surface area is 184 Å². The molecule has 3 rings (SSSR count). The molecule has 28 heavy (non-hydrogen) atoms. The molecule has 1 unspecified atom stereocenters. The first kappa shape index (κ1) is 22.7. The number of likely N-dealkylation sites (tertiary alicyclic amines) is 1. The highest BCUT2D eigenvalue weighted by molar-refractivity contribution is 14.0. The van der Waals surface area contributed by atoms with Crippen molar-refractivity contribution >= 4 is 29.9 Å². The third kappa shape index (κ3) is 7.10. The maximum absolute atomic E-state index is 5.71. The number of ether oxygens (including phenoxy) is 1. The maximum atomic E-state index is 5.71. The topological polar surface area (TPSA) is 62.0 Å². The number of rotatable bonds is 9. The number of nitrogens with zero attached hydrogens (tertiary/aromatic N) is 2. The average molecular weight is 498 g/mol. The number of hydrogen-bond donors (Lipinski definition) is 2. The summed E-state index contributed by atoms with van der Waals surface area (Å²) in [5.74, 6) is 1.79. The molecule has 1 aliphatic rings. The Balaban J connectivity index is 0.00000280. The van der Waals surface area contributed by atoms with Gasteiger partial charge in [0.2, 0.25) is 0 Å². The average Bonchev–Trinajstić information content (AvgIpc) is 3.42. The highest BCUT2D eigenvalue weighted by atomic mass is 127. The Morgan fingerprint density at radius 3 is 2.61 bits per heavy atom. The molecule has 1 aromatic heterocycles. The number of hydrogen-bond acceptors (Lipinski definition) is 4. The zero-order chi connectivity index (χ0) is 18.7. The zero-order valence-corrected chi connectivity index (χ0v) is 18.8. The Morgan fingerprint density at radius 1 is 1.14 bits per heavy atom. The van der Waals surface area contributed by atoms with Crippen LogP contribution in [0.2, 0.25) is 0 Å². The van der Waals surface area contributed by atoms with Gasteiger partial charge in [0.1, 0.15) is 5.76 Å². The van der Waals surface area contributed by atoms with Crippen LogP contribution in [0, 0.1) is 0 Å². The first-order valence-corrected chi connectivity index (χ1v) is 9.70. The summed E-state index contributed by atoms with van der Waals surface area (Å²) in [6, 6.07) is 14.4. The van der Waals surface area contributed by atoms with E-state index in [-0.39, 0.29) is 30.0 Å². The number of furan rings is 1. The van der Waals surface area contributed by atoms with Crippen LogP contribution in [0.5, 0.6) is 0 Å². The van der Waals surface area contributed by atoms with Gasteiger partial charge < -0.3 is 19.8 Å². The minimum absolute atomic E-state index is 0. The fourth-order valence-corrected chi connectivity index (χ4v) is 3.36. The fourth-order valence-electron chi connectivity index (χ4n) is 3.36. The Hall–Kier alpha value is -1.58. The van der Waals surface area contributed by atoms with Crippen LogP contribution < -0.4 is 10.6 Å². The predicted octanol–water partition coefficient (Wildman–Crippen LogP) is 3.42. The number of guanidine groups is 1. The van der Waals surface area contributed by atoms with Crippen LogP contribution in [0.15, 0.2) is 58.1 Å². The molecule has 2 N–H and O–H groups in total. The van der Waals surface area contributed by atoms with Crippen molar-refractivity contribution in [3.8, 4) is 0 Å². The SMILES string of the molecule is CN=C(NCCOCc1ccccc1)NCC(c1ccco1)N1CCCC1.I. The smallest absolute Gasteiger partial charge is 0.191 e. The molecule has 6 nitrogen and oxygen atoms in total. The van der Waals surface area contributed by atoms with Gasteiger partial charge in [-0.3, -0.25) is 9.89 Å². The highest BCUT2D eigenvalue weighted by Crippen LogP contribution is 2.24. The van der Waals surface area contributed by atoms with Crippen LogP contribution in [0.4, 0.5) is 0 Å². The van der Waals surface area contributed by atoms with Gasteiger partial charge in [-0.15, -0.1) is 24.0 Å². The standard InChI is InChI=1S/C21H30N4O2.HI/c1-22-21(23-11-15-26-17-18-8-3-2-4-9-18)24-16-19(20-10-7-14-27-20)25-12-5-6-13-25;/h2-4,7-10,14,19H,5-6,11-13,15-17H2,1H3,(H2,22,23,24);1H. The molecule has 0 aliphatic carbocycles.